The Balaban J connectivity index is 2.22. The fraction of sp³-hybridized carbons (Fsp3) is 0.300. The largest absolute Gasteiger partial charge is 0.364 e. The van der Waals surface area contributed by atoms with Crippen molar-refractivity contribution in [3.05, 3.63) is 34.3 Å². The minimum atomic E-state index is -0.0805. The van der Waals surface area contributed by atoms with Gasteiger partial charge in [0.1, 0.15) is 5.84 Å². The maximum absolute atomic E-state index is 5.30. The molecule has 14 heavy (non-hydrogen) atoms. The summed E-state index contributed by atoms with van der Waals surface area (Å²) in [5.41, 5.74) is 1.11. The lowest BCUT2D eigenvalue weighted by Gasteiger charge is -2.19. The molecule has 2 rings (SSSR count). The number of oxime groups is 1. The zero-order valence-electron chi connectivity index (χ0n) is 8.07. The molecule has 0 radical (unpaired) electrons. The Morgan fingerprint density at radius 2 is 2.00 bits per heavy atom. The molecule has 0 saturated carbocycles. The Kier molecular flexibility index (Phi) is 2.46. The molecule has 0 amide bonds. The van der Waals surface area contributed by atoms with Gasteiger partial charge in [-0.05, 0) is 19.1 Å². The summed E-state index contributed by atoms with van der Waals surface area (Å²) in [5, 5.41) is 3.93. The van der Waals surface area contributed by atoms with Crippen molar-refractivity contribution in [3.63, 3.8) is 0 Å². The van der Waals surface area contributed by atoms with Crippen LogP contribution < -0.4 is 0 Å². The van der Waals surface area contributed by atoms with E-state index < -0.39 is 0 Å². The Labute approximate surface area is 91.5 Å². The maximum atomic E-state index is 5.30. The quantitative estimate of drug-likeness (QED) is 0.770. The molecule has 0 N–H and O–H groups in total. The van der Waals surface area contributed by atoms with Gasteiger partial charge in [0.05, 0.1) is 0 Å². The third-order valence-corrected chi connectivity index (χ3v) is 2.83. The highest BCUT2D eigenvalue weighted by Crippen LogP contribution is 2.27. The highest BCUT2D eigenvalue weighted by molar-refractivity contribution is 9.10. The van der Waals surface area contributed by atoms with E-state index in [9.17, 15) is 0 Å². The van der Waals surface area contributed by atoms with Crippen molar-refractivity contribution in [1.29, 1.82) is 0 Å². The van der Waals surface area contributed by atoms with E-state index in [2.05, 4.69) is 21.1 Å². The molecule has 1 aliphatic rings. The van der Waals surface area contributed by atoms with Gasteiger partial charge in [-0.15, -0.1) is 0 Å². The summed E-state index contributed by atoms with van der Waals surface area (Å²) in [4.78, 5) is 7.31. The Bertz CT molecular complexity index is 361. The topological polar surface area (TPSA) is 24.8 Å². The van der Waals surface area contributed by atoms with Crippen molar-refractivity contribution in [1.82, 2.24) is 4.90 Å². The number of rotatable bonds is 1. The average molecular weight is 255 g/mol. The summed E-state index contributed by atoms with van der Waals surface area (Å²) in [5.74, 6) is 0.901. The second-order valence-electron chi connectivity index (χ2n) is 3.26. The summed E-state index contributed by atoms with van der Waals surface area (Å²) in [7, 11) is 1.97. The Hall–Kier alpha value is -1.03. The SMILES string of the molecule is CC1=NOC(c2ccc(Br)cc2)N1C. The molecule has 74 valence electrons. The minimum Gasteiger partial charge on any atom is -0.364 e. The van der Waals surface area contributed by atoms with Crippen LogP contribution >= 0.6 is 15.9 Å². The van der Waals surface area contributed by atoms with E-state index in [0.29, 0.717) is 0 Å². The van der Waals surface area contributed by atoms with Gasteiger partial charge in [-0.25, -0.2) is 0 Å². The molecule has 0 saturated heterocycles. The van der Waals surface area contributed by atoms with Crippen molar-refractivity contribution in [3.8, 4) is 0 Å². The molecular formula is C10H11BrN2O. The molecule has 1 aromatic carbocycles. The van der Waals surface area contributed by atoms with Crippen LogP contribution in [0, 0.1) is 0 Å². The van der Waals surface area contributed by atoms with Crippen LogP contribution in [0.2, 0.25) is 0 Å². The van der Waals surface area contributed by atoms with Gasteiger partial charge >= 0.3 is 0 Å². The van der Waals surface area contributed by atoms with Crippen LogP contribution in [-0.4, -0.2) is 17.8 Å². The first kappa shape index (κ1) is 9.52. The fourth-order valence-electron chi connectivity index (χ4n) is 1.34. The van der Waals surface area contributed by atoms with Gasteiger partial charge in [-0.3, -0.25) is 0 Å². The standard InChI is InChI=1S/C10H11BrN2O/c1-7-12-14-10(13(7)2)8-3-5-9(11)6-4-8/h3-6,10H,1-2H3. The van der Waals surface area contributed by atoms with Gasteiger partial charge in [0.25, 0.3) is 0 Å². The highest BCUT2D eigenvalue weighted by Gasteiger charge is 2.25. The monoisotopic (exact) mass is 254 g/mol. The first-order valence-electron chi connectivity index (χ1n) is 4.37. The lowest BCUT2D eigenvalue weighted by molar-refractivity contribution is 0.0190. The van der Waals surface area contributed by atoms with E-state index in [1.165, 1.54) is 0 Å². The van der Waals surface area contributed by atoms with Gasteiger partial charge in [0, 0.05) is 17.1 Å². The highest BCUT2D eigenvalue weighted by atomic mass is 79.9. The van der Waals surface area contributed by atoms with Gasteiger partial charge in [0.15, 0.2) is 0 Å². The summed E-state index contributed by atoms with van der Waals surface area (Å²) in [6.45, 7) is 1.93. The fourth-order valence-corrected chi connectivity index (χ4v) is 1.61. The van der Waals surface area contributed by atoms with Gasteiger partial charge < -0.3 is 9.74 Å². The molecule has 0 aromatic heterocycles. The summed E-state index contributed by atoms with van der Waals surface area (Å²) in [6.07, 6.45) is -0.0805. The number of hydrogen-bond acceptors (Lipinski definition) is 3. The number of amidine groups is 1. The number of nitrogens with zero attached hydrogens (tertiary/aromatic N) is 2. The first-order valence-corrected chi connectivity index (χ1v) is 5.16. The molecule has 0 bridgehead atoms. The van der Waals surface area contributed by atoms with Crippen LogP contribution in [0.3, 0.4) is 0 Å². The Morgan fingerprint density at radius 1 is 1.36 bits per heavy atom. The van der Waals surface area contributed by atoms with Crippen LogP contribution in [0.1, 0.15) is 18.7 Å². The van der Waals surface area contributed by atoms with Crippen LogP contribution in [0.25, 0.3) is 0 Å². The molecule has 1 aromatic rings. The Morgan fingerprint density at radius 3 is 2.50 bits per heavy atom. The molecule has 1 atom stereocenters. The molecule has 0 fully saturated rings. The molecule has 0 aliphatic carbocycles. The van der Waals surface area contributed by atoms with E-state index in [0.717, 1.165) is 15.9 Å². The van der Waals surface area contributed by atoms with E-state index in [4.69, 9.17) is 4.84 Å². The molecule has 1 heterocycles. The van der Waals surface area contributed by atoms with Gasteiger partial charge in [-0.1, -0.05) is 33.2 Å². The summed E-state index contributed by atoms with van der Waals surface area (Å²) < 4.78 is 1.07. The summed E-state index contributed by atoms with van der Waals surface area (Å²) in [6, 6.07) is 8.05. The van der Waals surface area contributed by atoms with E-state index in [1.807, 2.05) is 43.1 Å². The third kappa shape index (κ3) is 1.62. The van der Waals surface area contributed by atoms with Crippen molar-refractivity contribution >= 4 is 21.8 Å². The van der Waals surface area contributed by atoms with Gasteiger partial charge in [-0.2, -0.15) is 0 Å². The third-order valence-electron chi connectivity index (χ3n) is 2.30. The predicted octanol–water partition coefficient (Wildman–Crippen LogP) is 2.74. The summed E-state index contributed by atoms with van der Waals surface area (Å²) >= 11 is 3.40. The zero-order valence-corrected chi connectivity index (χ0v) is 9.65. The second kappa shape index (κ2) is 3.61. The lowest BCUT2D eigenvalue weighted by Crippen LogP contribution is -2.23. The molecule has 1 aliphatic heterocycles. The zero-order chi connectivity index (χ0) is 10.1. The maximum Gasteiger partial charge on any atom is 0.226 e. The number of hydrogen-bond donors (Lipinski definition) is 0. The van der Waals surface area contributed by atoms with Crippen molar-refractivity contribution in [2.45, 2.75) is 13.2 Å². The van der Waals surface area contributed by atoms with Gasteiger partial charge in [0.2, 0.25) is 6.23 Å². The molecule has 4 heteroatoms. The van der Waals surface area contributed by atoms with E-state index in [1.54, 1.807) is 0 Å². The molecular weight excluding hydrogens is 244 g/mol. The van der Waals surface area contributed by atoms with Crippen molar-refractivity contribution in [2.24, 2.45) is 5.16 Å². The molecule has 3 nitrogen and oxygen atoms in total. The molecule has 0 spiro atoms. The van der Waals surface area contributed by atoms with Crippen molar-refractivity contribution < 1.29 is 4.84 Å². The smallest absolute Gasteiger partial charge is 0.226 e. The van der Waals surface area contributed by atoms with Crippen LogP contribution in [-0.2, 0) is 4.84 Å². The van der Waals surface area contributed by atoms with E-state index in [-0.39, 0.29) is 6.23 Å². The van der Waals surface area contributed by atoms with Crippen LogP contribution in [0.5, 0.6) is 0 Å². The average Bonchev–Trinajstić information content (AvgIpc) is 2.50. The first-order chi connectivity index (χ1) is 6.68. The molecule has 1 unspecified atom stereocenters. The second-order valence-corrected chi connectivity index (χ2v) is 4.17. The van der Waals surface area contributed by atoms with E-state index >= 15 is 0 Å². The predicted molar refractivity (Wildman–Crippen MR) is 58.8 cm³/mol. The number of benzene rings is 1. The minimum absolute atomic E-state index is 0.0805. The normalized spacial score (nSPS) is 20.6. The lowest BCUT2D eigenvalue weighted by atomic mass is 10.2. The van der Waals surface area contributed by atoms with Crippen LogP contribution in [0.4, 0.5) is 0 Å². The van der Waals surface area contributed by atoms with Crippen LogP contribution in [0.15, 0.2) is 33.9 Å². The number of halogens is 1. The van der Waals surface area contributed by atoms with Crippen molar-refractivity contribution in [2.75, 3.05) is 7.05 Å².